The third-order valence-electron chi connectivity index (χ3n) is 10.9. The van der Waals surface area contributed by atoms with Crippen LogP contribution in [0.4, 0.5) is 0 Å². The topological polar surface area (TPSA) is 25.3 Å². The average Bonchev–Trinajstić information content (AvgIpc) is 3.44. The van der Waals surface area contributed by atoms with Gasteiger partial charge in [0, 0.05) is 22.3 Å². The molecule has 0 atom stereocenters. The summed E-state index contributed by atoms with van der Waals surface area (Å²) in [6.07, 6.45) is 27.4. The number of aryl methyl sites for hydroxylation is 4. The summed E-state index contributed by atoms with van der Waals surface area (Å²) in [7, 11) is 0. The first-order valence-electron chi connectivity index (χ1n) is 22.4. The van der Waals surface area contributed by atoms with Crippen LogP contribution in [-0.2, 0) is 39.7 Å². The molecule has 3 heteroatoms. The molecule has 0 saturated carbocycles. The molecule has 1 aliphatic heterocycles. The molecule has 1 aliphatic rings. The molecule has 0 radical (unpaired) electrons. The molecule has 0 saturated heterocycles. The van der Waals surface area contributed by atoms with E-state index in [9.17, 15) is 5.53 Å². The van der Waals surface area contributed by atoms with Crippen LogP contribution in [0.5, 0.6) is 0 Å². The number of hydrogen-bond donors (Lipinski definition) is 0. The van der Waals surface area contributed by atoms with Gasteiger partial charge in [-0.05, 0) is 143 Å². The van der Waals surface area contributed by atoms with E-state index >= 15 is 0 Å². The molecule has 0 amide bonds. The molecule has 1 heterocycles. The van der Waals surface area contributed by atoms with Crippen molar-refractivity contribution in [3.8, 4) is 0 Å². The molecule has 2 aromatic carbocycles. The molecule has 0 fully saturated rings. The average molecular weight is 832 g/mol. The maximum Gasteiger partial charge on any atom is 2.00 e. The second kappa shape index (κ2) is 31.3. The molecular formula is C51H84N2Pd. The fourth-order valence-corrected chi connectivity index (χ4v) is 7.18. The molecule has 0 spiro atoms. The van der Waals surface area contributed by atoms with Gasteiger partial charge >= 0.3 is 20.4 Å². The van der Waals surface area contributed by atoms with E-state index in [1.165, 1.54) is 146 Å². The molecule has 54 heavy (non-hydrogen) atoms. The monoisotopic (exact) mass is 831 g/mol. The second-order valence-corrected chi connectivity index (χ2v) is 15.6. The first kappa shape index (κ1) is 52.2. The van der Waals surface area contributed by atoms with Crippen LogP contribution < -0.4 is 0 Å². The van der Waals surface area contributed by atoms with Gasteiger partial charge in [-0.25, -0.2) is 4.70 Å². The van der Waals surface area contributed by atoms with Gasteiger partial charge in [0.15, 0.2) is 0 Å². The van der Waals surface area contributed by atoms with E-state index in [1.54, 1.807) is 10.3 Å². The predicted octanol–water partition coefficient (Wildman–Crippen LogP) is 17.0. The van der Waals surface area contributed by atoms with Crippen LogP contribution in [0.3, 0.4) is 0 Å². The van der Waals surface area contributed by atoms with Crippen molar-refractivity contribution in [2.24, 2.45) is 0 Å². The summed E-state index contributed by atoms with van der Waals surface area (Å²) in [5, 5.41) is 0. The van der Waals surface area contributed by atoms with Crippen LogP contribution in [-0.4, -0.2) is 4.70 Å². The van der Waals surface area contributed by atoms with Gasteiger partial charge in [0.25, 0.3) is 0 Å². The Morgan fingerprint density at radius 2 is 0.815 bits per heavy atom. The number of unbranched alkanes of at least 4 members (excludes halogenated alkanes) is 11. The van der Waals surface area contributed by atoms with Gasteiger partial charge in [0.05, 0.1) is 0 Å². The van der Waals surface area contributed by atoms with Crippen LogP contribution in [0.1, 0.15) is 221 Å². The Kier molecular flexibility index (Phi) is 30.2. The molecule has 0 N–H and O–H groups in total. The number of hydrogen-bond acceptors (Lipinski definition) is 0. The Balaban J connectivity index is 0.00000283. The Labute approximate surface area is 351 Å². The molecule has 308 valence electrons. The van der Waals surface area contributed by atoms with Crippen LogP contribution >= 0.6 is 0 Å². The van der Waals surface area contributed by atoms with E-state index in [-0.39, 0.29) is 20.4 Å². The van der Waals surface area contributed by atoms with Crippen molar-refractivity contribution in [1.82, 2.24) is 0 Å². The maximum atomic E-state index is 12.4. The van der Waals surface area contributed by atoms with Crippen molar-refractivity contribution in [3.63, 3.8) is 0 Å². The van der Waals surface area contributed by atoms with Crippen LogP contribution in [0, 0.1) is 34.6 Å². The van der Waals surface area contributed by atoms with Crippen molar-refractivity contribution < 1.29 is 25.1 Å². The summed E-state index contributed by atoms with van der Waals surface area (Å²) in [4.78, 5) is 0. The van der Waals surface area contributed by atoms with Gasteiger partial charge in [-0.2, -0.15) is 12.8 Å². The minimum absolute atomic E-state index is 0. The predicted molar refractivity (Wildman–Crippen MR) is 238 cm³/mol. The molecule has 3 rings (SSSR count). The number of rotatable bonds is 23. The third-order valence-corrected chi connectivity index (χ3v) is 10.9. The van der Waals surface area contributed by atoms with Crippen LogP contribution in [0.15, 0.2) is 35.4 Å². The zero-order valence-corrected chi connectivity index (χ0v) is 38.8. The fourth-order valence-electron chi connectivity index (χ4n) is 7.18. The van der Waals surface area contributed by atoms with Gasteiger partial charge in [-0.15, -0.1) is 0 Å². The van der Waals surface area contributed by atoms with E-state index < -0.39 is 0 Å². The quantitative estimate of drug-likeness (QED) is 0.0461. The minimum atomic E-state index is 0. The largest absolute Gasteiger partial charge is 2.00 e. The van der Waals surface area contributed by atoms with Gasteiger partial charge in [-0.1, -0.05) is 119 Å². The fraction of sp³-hybridized carbons (Fsp3) is 0.647. The van der Waals surface area contributed by atoms with Crippen molar-refractivity contribution in [2.45, 2.75) is 217 Å². The van der Waals surface area contributed by atoms with Crippen molar-refractivity contribution in [2.75, 3.05) is 0 Å². The zero-order chi connectivity index (χ0) is 39.6. The summed E-state index contributed by atoms with van der Waals surface area (Å²) in [5.74, 6) is 0. The zero-order valence-electron chi connectivity index (χ0n) is 37.2. The SMILES string of the molecule is CCCCCCCCC1=C(c2cc(C)c(C)c(C)c2)[N+](=[N-])C(c2cc(CCCC)c(CCCC)c(CCCC)c2)=C1CCCC.[CH2-]CCC.[CH2-]CCC.[Pd+2]. The molecule has 0 bridgehead atoms. The third kappa shape index (κ3) is 17.1. The molecule has 0 aliphatic carbocycles. The van der Waals surface area contributed by atoms with E-state index in [0.717, 1.165) is 62.8 Å². The number of nitrogens with zero attached hydrogens (tertiary/aromatic N) is 2. The molecular weight excluding hydrogens is 747 g/mol. The summed E-state index contributed by atoms with van der Waals surface area (Å²) in [5.41, 5.74) is 28.3. The summed E-state index contributed by atoms with van der Waals surface area (Å²) >= 11 is 0. The summed E-state index contributed by atoms with van der Waals surface area (Å²) in [6.45, 7) is 29.6. The van der Waals surface area contributed by atoms with Crippen molar-refractivity contribution >= 4 is 11.4 Å². The first-order chi connectivity index (χ1) is 25.6. The molecule has 0 aromatic heterocycles. The molecule has 0 unspecified atom stereocenters. The van der Waals surface area contributed by atoms with Crippen molar-refractivity contribution in [3.05, 3.63) is 99.3 Å². The van der Waals surface area contributed by atoms with E-state index in [2.05, 4.69) is 107 Å². The molecule has 2 nitrogen and oxygen atoms in total. The second-order valence-electron chi connectivity index (χ2n) is 15.6. The van der Waals surface area contributed by atoms with E-state index in [4.69, 9.17) is 0 Å². The number of allylic oxidation sites excluding steroid dienone is 2. The van der Waals surface area contributed by atoms with Crippen LogP contribution in [0.25, 0.3) is 16.9 Å². The van der Waals surface area contributed by atoms with Crippen LogP contribution in [0.2, 0.25) is 0 Å². The van der Waals surface area contributed by atoms with E-state index in [0.29, 0.717) is 0 Å². The Hall–Kier alpha value is -1.82. The Morgan fingerprint density at radius 3 is 1.24 bits per heavy atom. The normalized spacial score (nSPS) is 12.4. The number of benzene rings is 2. The Bertz CT molecular complexity index is 1330. The van der Waals surface area contributed by atoms with Gasteiger partial charge in [-0.3, -0.25) is 0 Å². The van der Waals surface area contributed by atoms with Gasteiger partial charge in [0.1, 0.15) is 0 Å². The smallest absolute Gasteiger partial charge is 0.493 e. The minimum Gasteiger partial charge on any atom is -0.493 e. The maximum absolute atomic E-state index is 12.4. The van der Waals surface area contributed by atoms with Gasteiger partial charge < -0.3 is 19.4 Å². The van der Waals surface area contributed by atoms with E-state index in [1.807, 2.05) is 0 Å². The summed E-state index contributed by atoms with van der Waals surface area (Å²) < 4.78 is 1.63. The standard InChI is InChI=1S/C43H66N2.2C4H9.Pd/c1-9-14-19-20-21-22-27-41-40(26-18-13-5)43(45(44)42(41)37-28-32(6)34(8)33(7)29-37)38-30-35(23-15-10-2)39(25-17-12-4)36(31-38)24-16-11-3;2*1-3-4-2;/h28-31H,9-27H2,1-8H3;2*1,3-4H2,2H3;/q;2*-1;+2. The summed E-state index contributed by atoms with van der Waals surface area (Å²) in [6, 6.07) is 9.60. The Morgan fingerprint density at radius 1 is 0.463 bits per heavy atom. The first-order valence-corrected chi connectivity index (χ1v) is 22.4. The van der Waals surface area contributed by atoms with Crippen molar-refractivity contribution in [1.29, 1.82) is 0 Å². The molecule has 2 aromatic rings. The van der Waals surface area contributed by atoms with Gasteiger partial charge in [0.2, 0.25) is 11.4 Å².